The van der Waals surface area contributed by atoms with Crippen LogP contribution in [-0.4, -0.2) is 15.8 Å². The number of hydrogen-bond acceptors (Lipinski definition) is 5. The number of ketones is 1. The lowest BCUT2D eigenvalue weighted by Gasteiger charge is -2.07. The number of nitrogens with zero attached hydrogens (tertiary/aromatic N) is 2. The number of benzene rings is 2. The van der Waals surface area contributed by atoms with Gasteiger partial charge < -0.3 is 9.15 Å². The van der Waals surface area contributed by atoms with Crippen LogP contribution in [0, 0.1) is 5.92 Å². The Morgan fingerprint density at radius 2 is 1.72 bits per heavy atom. The first-order valence-corrected chi connectivity index (χ1v) is 9.52. The van der Waals surface area contributed by atoms with E-state index in [1.54, 1.807) is 12.4 Å². The number of carbonyl (C=O) groups is 1. The van der Waals surface area contributed by atoms with Gasteiger partial charge in [0, 0.05) is 12.1 Å². The Kier molecular flexibility index (Phi) is 4.41. The third-order valence-electron chi connectivity index (χ3n) is 5.09. The predicted octanol–water partition coefficient (Wildman–Crippen LogP) is 5.13. The highest BCUT2D eigenvalue weighted by Crippen LogP contribution is 2.33. The first-order chi connectivity index (χ1) is 14.3. The summed E-state index contributed by atoms with van der Waals surface area (Å²) in [6, 6.07) is 21.2. The highest BCUT2D eigenvalue weighted by Gasteiger charge is 2.31. The quantitative estimate of drug-likeness (QED) is 0.448. The van der Waals surface area contributed by atoms with Crippen molar-refractivity contribution in [3.63, 3.8) is 0 Å². The number of pyridine rings is 1. The Balaban J connectivity index is 1.31. The molecule has 0 N–H and O–H groups in total. The zero-order valence-electron chi connectivity index (χ0n) is 15.6. The summed E-state index contributed by atoms with van der Waals surface area (Å²) in [6.45, 7) is 0. The van der Waals surface area contributed by atoms with Gasteiger partial charge in [0.15, 0.2) is 5.76 Å². The number of oxazole rings is 1. The molecule has 2 aromatic carbocycles. The van der Waals surface area contributed by atoms with Crippen LogP contribution in [0.4, 0.5) is 0 Å². The van der Waals surface area contributed by atoms with Crippen molar-refractivity contribution < 1.29 is 13.9 Å². The van der Waals surface area contributed by atoms with Crippen LogP contribution in [-0.2, 0) is 12.8 Å². The van der Waals surface area contributed by atoms with Gasteiger partial charge in [-0.2, -0.15) is 0 Å². The molecule has 0 bridgehead atoms. The number of Topliss-reactive ketones (excluding diaryl/α,β-unsaturated/α-hetero) is 1. The van der Waals surface area contributed by atoms with Crippen LogP contribution >= 0.6 is 0 Å². The van der Waals surface area contributed by atoms with E-state index in [0.717, 1.165) is 17.1 Å². The van der Waals surface area contributed by atoms with Crippen LogP contribution < -0.4 is 4.74 Å². The molecule has 0 spiro atoms. The number of para-hydroxylation sites is 1. The van der Waals surface area contributed by atoms with Crippen LogP contribution in [0.1, 0.15) is 21.8 Å². The van der Waals surface area contributed by atoms with Crippen molar-refractivity contribution in [2.75, 3.05) is 0 Å². The van der Waals surface area contributed by atoms with Gasteiger partial charge in [0.05, 0.1) is 6.20 Å². The van der Waals surface area contributed by atoms with Crippen LogP contribution in [0.25, 0.3) is 11.5 Å². The molecule has 0 amide bonds. The molecule has 2 aromatic heterocycles. The minimum absolute atomic E-state index is 0.0751. The Hall–Kier alpha value is -3.73. The van der Waals surface area contributed by atoms with Gasteiger partial charge in [-0.1, -0.05) is 30.3 Å². The van der Waals surface area contributed by atoms with Crippen molar-refractivity contribution in [3.8, 4) is 23.0 Å². The summed E-state index contributed by atoms with van der Waals surface area (Å²) in [7, 11) is 0. The molecule has 1 unspecified atom stereocenters. The molecule has 5 nitrogen and oxygen atoms in total. The van der Waals surface area contributed by atoms with E-state index in [2.05, 4.69) is 9.97 Å². The fraction of sp³-hybridized carbons (Fsp3) is 0.125. The van der Waals surface area contributed by atoms with E-state index in [0.29, 0.717) is 24.3 Å². The molecular formula is C24H18N2O3. The van der Waals surface area contributed by atoms with E-state index >= 15 is 0 Å². The first kappa shape index (κ1) is 17.4. The van der Waals surface area contributed by atoms with Crippen LogP contribution in [0.2, 0.25) is 0 Å². The lowest BCUT2D eigenvalue weighted by atomic mass is 10.0. The second kappa shape index (κ2) is 7.36. The van der Waals surface area contributed by atoms with Crippen molar-refractivity contribution in [2.24, 2.45) is 5.92 Å². The molecule has 0 saturated heterocycles. The highest BCUT2D eigenvalue weighted by molar-refractivity contribution is 5.95. The van der Waals surface area contributed by atoms with E-state index in [1.807, 2.05) is 66.7 Å². The molecule has 142 valence electrons. The molecule has 0 aliphatic heterocycles. The topological polar surface area (TPSA) is 65.2 Å². The maximum atomic E-state index is 12.9. The zero-order chi connectivity index (χ0) is 19.6. The highest BCUT2D eigenvalue weighted by atomic mass is 16.5. The maximum Gasteiger partial charge on any atom is 0.264 e. The average molecular weight is 382 g/mol. The Morgan fingerprint density at radius 1 is 0.897 bits per heavy atom. The smallest absolute Gasteiger partial charge is 0.264 e. The summed E-state index contributed by atoms with van der Waals surface area (Å²) < 4.78 is 11.6. The number of carbonyl (C=O) groups excluding carboxylic acids is 1. The summed E-state index contributed by atoms with van der Waals surface area (Å²) in [6.07, 6.45) is 4.58. The minimum Gasteiger partial charge on any atom is -0.457 e. The normalized spacial score (nSPS) is 15.1. The zero-order valence-corrected chi connectivity index (χ0v) is 15.6. The fourth-order valence-electron chi connectivity index (χ4n) is 3.66. The molecule has 5 rings (SSSR count). The summed E-state index contributed by atoms with van der Waals surface area (Å²) in [5.74, 6) is 1.96. The number of rotatable bonds is 5. The number of aromatic nitrogens is 2. The molecule has 1 aliphatic carbocycles. The fourth-order valence-corrected chi connectivity index (χ4v) is 3.66. The molecule has 1 aliphatic rings. The Labute approximate surface area is 168 Å². The van der Waals surface area contributed by atoms with E-state index < -0.39 is 0 Å². The molecule has 0 radical (unpaired) electrons. The average Bonchev–Trinajstić information content (AvgIpc) is 3.42. The SMILES string of the molecule is O=C(c1ncc(-c2ccccn2)o1)C1Cc2ccc(Oc3ccccc3)cc2C1. The molecule has 2 heterocycles. The van der Waals surface area contributed by atoms with Crippen molar-refractivity contribution in [1.82, 2.24) is 9.97 Å². The maximum absolute atomic E-state index is 12.9. The van der Waals surface area contributed by atoms with E-state index in [4.69, 9.17) is 9.15 Å². The number of fused-ring (bicyclic) bond motifs is 1. The number of hydrogen-bond donors (Lipinski definition) is 0. The van der Waals surface area contributed by atoms with Gasteiger partial charge in [-0.3, -0.25) is 9.78 Å². The van der Waals surface area contributed by atoms with Gasteiger partial charge in [-0.25, -0.2) is 4.98 Å². The molecule has 1 atom stereocenters. The Morgan fingerprint density at radius 3 is 2.55 bits per heavy atom. The van der Waals surface area contributed by atoms with Gasteiger partial charge >= 0.3 is 0 Å². The molecule has 0 saturated carbocycles. The monoisotopic (exact) mass is 382 g/mol. The standard InChI is InChI=1S/C24H18N2O3/c27-23(24-26-15-22(29-24)21-8-4-5-11-25-21)18-12-16-9-10-20(14-17(16)13-18)28-19-6-2-1-3-7-19/h1-11,14-15,18H,12-13H2. The molecule has 29 heavy (non-hydrogen) atoms. The van der Waals surface area contributed by atoms with Crippen LogP contribution in [0.3, 0.4) is 0 Å². The van der Waals surface area contributed by atoms with Crippen molar-refractivity contribution in [1.29, 1.82) is 0 Å². The Bertz CT molecular complexity index is 1150. The molecule has 4 aromatic rings. The van der Waals surface area contributed by atoms with E-state index in [1.165, 1.54) is 5.56 Å². The second-order valence-corrected chi connectivity index (χ2v) is 7.06. The van der Waals surface area contributed by atoms with Gasteiger partial charge in [-0.15, -0.1) is 0 Å². The summed E-state index contributed by atoms with van der Waals surface area (Å²) in [5.41, 5.74) is 2.96. The molecule has 5 heteroatoms. The van der Waals surface area contributed by atoms with Gasteiger partial charge in [-0.05, 0) is 60.4 Å². The van der Waals surface area contributed by atoms with Crippen LogP contribution in [0.15, 0.2) is 83.5 Å². The summed E-state index contributed by atoms with van der Waals surface area (Å²) in [4.78, 5) is 21.4. The van der Waals surface area contributed by atoms with Gasteiger partial charge in [0.25, 0.3) is 5.89 Å². The largest absolute Gasteiger partial charge is 0.457 e. The first-order valence-electron chi connectivity index (χ1n) is 9.52. The number of ether oxygens (including phenoxy) is 1. The molecular weight excluding hydrogens is 364 g/mol. The van der Waals surface area contributed by atoms with Crippen molar-refractivity contribution >= 4 is 5.78 Å². The van der Waals surface area contributed by atoms with Gasteiger partial charge in [0.2, 0.25) is 5.78 Å². The lowest BCUT2D eigenvalue weighted by Crippen LogP contribution is -2.15. The predicted molar refractivity (Wildman–Crippen MR) is 108 cm³/mol. The van der Waals surface area contributed by atoms with Crippen molar-refractivity contribution in [3.05, 3.63) is 96.1 Å². The summed E-state index contributed by atoms with van der Waals surface area (Å²) in [5, 5.41) is 0. The van der Waals surface area contributed by atoms with E-state index in [-0.39, 0.29) is 17.6 Å². The van der Waals surface area contributed by atoms with Crippen molar-refractivity contribution in [2.45, 2.75) is 12.8 Å². The third kappa shape index (κ3) is 3.55. The van der Waals surface area contributed by atoms with E-state index in [9.17, 15) is 4.79 Å². The molecule has 0 fully saturated rings. The van der Waals surface area contributed by atoms with Gasteiger partial charge in [0.1, 0.15) is 17.2 Å². The summed E-state index contributed by atoms with van der Waals surface area (Å²) >= 11 is 0. The van der Waals surface area contributed by atoms with Crippen LogP contribution in [0.5, 0.6) is 11.5 Å². The minimum atomic E-state index is -0.174. The lowest BCUT2D eigenvalue weighted by molar-refractivity contribution is 0.0890. The second-order valence-electron chi connectivity index (χ2n) is 7.06. The third-order valence-corrected chi connectivity index (χ3v) is 5.09.